The van der Waals surface area contributed by atoms with Gasteiger partial charge in [-0.3, -0.25) is 4.98 Å². The lowest BCUT2D eigenvalue weighted by Gasteiger charge is -2.06. The van der Waals surface area contributed by atoms with E-state index < -0.39 is 0 Å². The van der Waals surface area contributed by atoms with Crippen LogP contribution in [-0.4, -0.2) is 4.98 Å². The molecular weight excluding hydrogens is 148 g/mol. The zero-order valence-corrected chi connectivity index (χ0v) is 7.38. The second-order valence-electron chi connectivity index (χ2n) is 3.45. The van der Waals surface area contributed by atoms with Gasteiger partial charge in [0.15, 0.2) is 0 Å². The van der Waals surface area contributed by atoms with Gasteiger partial charge in [-0.25, -0.2) is 0 Å². The van der Waals surface area contributed by atoms with Gasteiger partial charge in [-0.15, -0.1) is 0 Å². The Morgan fingerprint density at radius 1 is 1.58 bits per heavy atom. The quantitative estimate of drug-likeness (QED) is 0.719. The van der Waals surface area contributed by atoms with Crippen LogP contribution in [0.15, 0.2) is 12.3 Å². The summed E-state index contributed by atoms with van der Waals surface area (Å²) in [4.78, 5) is 4.24. The summed E-state index contributed by atoms with van der Waals surface area (Å²) in [5, 5.41) is 0. The van der Waals surface area contributed by atoms with Crippen molar-refractivity contribution in [2.24, 2.45) is 5.73 Å². The Labute approximate surface area is 72.8 Å². The van der Waals surface area contributed by atoms with Crippen molar-refractivity contribution in [1.29, 1.82) is 0 Å². The van der Waals surface area contributed by atoms with E-state index >= 15 is 0 Å². The molecule has 2 N–H and O–H groups in total. The summed E-state index contributed by atoms with van der Waals surface area (Å²) in [5.41, 5.74) is 9.40. The lowest BCUT2D eigenvalue weighted by atomic mass is 10.0. The zero-order valence-electron chi connectivity index (χ0n) is 7.38. The second kappa shape index (κ2) is 2.87. The second-order valence-corrected chi connectivity index (χ2v) is 3.45. The number of nitrogens with zero attached hydrogens (tertiary/aromatic N) is 1. The Hall–Kier alpha value is -0.890. The first-order chi connectivity index (χ1) is 5.83. The van der Waals surface area contributed by atoms with Gasteiger partial charge in [0.2, 0.25) is 0 Å². The first-order valence-electron chi connectivity index (χ1n) is 4.47. The smallest absolute Gasteiger partial charge is 0.0571 e. The van der Waals surface area contributed by atoms with Crippen molar-refractivity contribution in [3.05, 3.63) is 29.1 Å². The predicted molar refractivity (Wildman–Crippen MR) is 48.8 cm³/mol. The Kier molecular flexibility index (Phi) is 1.85. The number of rotatable bonds is 2. The summed E-state index contributed by atoms with van der Waals surface area (Å²) in [7, 11) is 0. The standard InChI is InChI=1S/C10H14N2/c1-7-9(8-2-3-8)4-5-12-10(7)6-11/h4-5,8H,2-3,6,11H2,1H3. The highest BCUT2D eigenvalue weighted by atomic mass is 14.7. The van der Waals surface area contributed by atoms with Crippen molar-refractivity contribution in [3.63, 3.8) is 0 Å². The van der Waals surface area contributed by atoms with Gasteiger partial charge in [0.1, 0.15) is 0 Å². The molecule has 0 saturated heterocycles. The summed E-state index contributed by atoms with van der Waals surface area (Å²) >= 11 is 0. The molecule has 0 aromatic carbocycles. The van der Waals surface area contributed by atoms with Crippen LogP contribution < -0.4 is 5.73 Å². The van der Waals surface area contributed by atoms with Gasteiger partial charge in [0, 0.05) is 12.7 Å². The molecule has 1 aliphatic carbocycles. The number of pyridine rings is 1. The molecule has 0 atom stereocenters. The predicted octanol–water partition coefficient (Wildman–Crippen LogP) is 1.73. The minimum Gasteiger partial charge on any atom is -0.325 e. The largest absolute Gasteiger partial charge is 0.325 e. The van der Waals surface area contributed by atoms with E-state index in [-0.39, 0.29) is 0 Å². The molecule has 2 nitrogen and oxygen atoms in total. The molecule has 1 aliphatic rings. The molecule has 1 heterocycles. The van der Waals surface area contributed by atoms with Crippen molar-refractivity contribution < 1.29 is 0 Å². The molecule has 0 radical (unpaired) electrons. The molecule has 1 saturated carbocycles. The van der Waals surface area contributed by atoms with Crippen LogP contribution in [0.2, 0.25) is 0 Å². The Morgan fingerprint density at radius 2 is 2.33 bits per heavy atom. The molecule has 0 amide bonds. The third-order valence-electron chi connectivity index (χ3n) is 2.56. The van der Waals surface area contributed by atoms with Gasteiger partial charge in [0.05, 0.1) is 5.69 Å². The normalized spacial score (nSPS) is 16.5. The zero-order chi connectivity index (χ0) is 8.55. The molecule has 0 unspecified atom stereocenters. The van der Waals surface area contributed by atoms with E-state index in [2.05, 4.69) is 18.0 Å². The Bertz CT molecular complexity index is 290. The molecule has 64 valence electrons. The Morgan fingerprint density at radius 3 is 2.92 bits per heavy atom. The number of hydrogen-bond donors (Lipinski definition) is 1. The van der Waals surface area contributed by atoms with Crippen molar-refractivity contribution in [2.45, 2.75) is 32.2 Å². The van der Waals surface area contributed by atoms with E-state index in [0.717, 1.165) is 11.6 Å². The average Bonchev–Trinajstić information content (AvgIpc) is 2.88. The number of hydrogen-bond acceptors (Lipinski definition) is 2. The summed E-state index contributed by atoms with van der Waals surface area (Å²) in [6.07, 6.45) is 4.56. The van der Waals surface area contributed by atoms with Crippen LogP contribution in [0.3, 0.4) is 0 Å². The monoisotopic (exact) mass is 162 g/mol. The van der Waals surface area contributed by atoms with Crippen LogP contribution in [0.4, 0.5) is 0 Å². The molecular formula is C10H14N2. The van der Waals surface area contributed by atoms with Gasteiger partial charge < -0.3 is 5.73 Å². The highest BCUT2D eigenvalue weighted by Gasteiger charge is 2.25. The van der Waals surface area contributed by atoms with Gasteiger partial charge >= 0.3 is 0 Å². The lowest BCUT2D eigenvalue weighted by molar-refractivity contribution is 0.940. The van der Waals surface area contributed by atoms with Crippen molar-refractivity contribution in [2.75, 3.05) is 0 Å². The maximum Gasteiger partial charge on any atom is 0.0571 e. The van der Waals surface area contributed by atoms with Crippen LogP contribution in [-0.2, 0) is 6.54 Å². The van der Waals surface area contributed by atoms with E-state index in [0.29, 0.717) is 6.54 Å². The van der Waals surface area contributed by atoms with E-state index in [1.54, 1.807) is 0 Å². The lowest BCUT2D eigenvalue weighted by Crippen LogP contribution is -2.04. The van der Waals surface area contributed by atoms with Gasteiger partial charge in [-0.05, 0) is 42.9 Å². The molecule has 0 aliphatic heterocycles. The molecule has 1 fully saturated rings. The van der Waals surface area contributed by atoms with E-state index in [4.69, 9.17) is 5.73 Å². The van der Waals surface area contributed by atoms with Gasteiger partial charge in [0.25, 0.3) is 0 Å². The molecule has 2 rings (SSSR count). The molecule has 0 bridgehead atoms. The fourth-order valence-electron chi connectivity index (χ4n) is 1.64. The first kappa shape index (κ1) is 7.74. The minimum absolute atomic E-state index is 0.562. The van der Waals surface area contributed by atoms with Crippen LogP contribution >= 0.6 is 0 Å². The Balaban J connectivity index is 2.40. The summed E-state index contributed by atoms with van der Waals surface area (Å²) in [6.45, 7) is 2.69. The van der Waals surface area contributed by atoms with Crippen LogP contribution in [0.25, 0.3) is 0 Å². The van der Waals surface area contributed by atoms with Gasteiger partial charge in [-0.1, -0.05) is 0 Å². The van der Waals surface area contributed by atoms with Crippen molar-refractivity contribution >= 4 is 0 Å². The SMILES string of the molecule is Cc1c(C2CC2)ccnc1CN. The molecule has 12 heavy (non-hydrogen) atoms. The van der Waals surface area contributed by atoms with Crippen LogP contribution in [0, 0.1) is 6.92 Å². The third-order valence-corrected chi connectivity index (χ3v) is 2.56. The fourth-order valence-corrected chi connectivity index (χ4v) is 1.64. The van der Waals surface area contributed by atoms with Gasteiger partial charge in [-0.2, -0.15) is 0 Å². The van der Waals surface area contributed by atoms with Crippen molar-refractivity contribution in [3.8, 4) is 0 Å². The van der Waals surface area contributed by atoms with Crippen molar-refractivity contribution in [1.82, 2.24) is 4.98 Å². The average molecular weight is 162 g/mol. The summed E-state index contributed by atoms with van der Waals surface area (Å²) in [5.74, 6) is 0.804. The fraction of sp³-hybridized carbons (Fsp3) is 0.500. The minimum atomic E-state index is 0.562. The van der Waals surface area contributed by atoms with Crippen LogP contribution in [0.5, 0.6) is 0 Å². The number of nitrogens with two attached hydrogens (primary N) is 1. The van der Waals surface area contributed by atoms with E-state index in [9.17, 15) is 0 Å². The molecule has 1 aromatic rings. The highest BCUT2D eigenvalue weighted by Crippen LogP contribution is 2.41. The maximum absolute atomic E-state index is 5.58. The van der Waals surface area contributed by atoms with Crippen LogP contribution in [0.1, 0.15) is 35.6 Å². The molecule has 2 heteroatoms. The third kappa shape index (κ3) is 1.23. The molecule has 1 aromatic heterocycles. The number of aromatic nitrogens is 1. The van der Waals surface area contributed by atoms with E-state index in [1.165, 1.54) is 24.0 Å². The maximum atomic E-state index is 5.58. The highest BCUT2D eigenvalue weighted by molar-refractivity contribution is 5.34. The van der Waals surface area contributed by atoms with E-state index in [1.807, 2.05) is 6.20 Å². The summed E-state index contributed by atoms with van der Waals surface area (Å²) < 4.78 is 0. The summed E-state index contributed by atoms with van der Waals surface area (Å²) in [6, 6.07) is 2.13. The molecule has 0 spiro atoms. The topological polar surface area (TPSA) is 38.9 Å². The first-order valence-corrected chi connectivity index (χ1v) is 4.47.